The topological polar surface area (TPSA) is 83.6 Å². The van der Waals surface area contributed by atoms with Crippen LogP contribution in [0.15, 0.2) is 61.2 Å². The van der Waals surface area contributed by atoms with Crippen LogP contribution in [0, 0.1) is 0 Å². The monoisotopic (exact) mass is 391 g/mol. The second-order valence-electron chi connectivity index (χ2n) is 6.65. The van der Waals surface area contributed by atoms with E-state index in [9.17, 15) is 4.79 Å². The molecule has 0 radical (unpaired) electrons. The fourth-order valence-electron chi connectivity index (χ4n) is 3.11. The largest absolute Gasteiger partial charge is 0.345 e. The van der Waals surface area contributed by atoms with Gasteiger partial charge in [0.1, 0.15) is 5.15 Å². The minimum absolute atomic E-state index is 0.165. The summed E-state index contributed by atoms with van der Waals surface area (Å²) in [5.74, 6) is 0.0352. The molecule has 0 aliphatic heterocycles. The van der Waals surface area contributed by atoms with Crippen molar-refractivity contribution in [2.24, 2.45) is 0 Å². The molecule has 0 unspecified atom stereocenters. The smallest absolute Gasteiger partial charge is 0.255 e. The maximum atomic E-state index is 12.6. The summed E-state index contributed by atoms with van der Waals surface area (Å²) in [5.41, 5.74) is 4.92. The van der Waals surface area contributed by atoms with Crippen molar-refractivity contribution >= 4 is 34.2 Å². The Hall–Kier alpha value is -3.25. The predicted molar refractivity (Wildman–Crippen MR) is 110 cm³/mol. The Bertz CT molecular complexity index is 1140. The third-order valence-electron chi connectivity index (χ3n) is 4.57. The molecule has 0 saturated heterocycles. The van der Waals surface area contributed by atoms with Crippen molar-refractivity contribution in [3.05, 3.63) is 83.2 Å². The maximum Gasteiger partial charge on any atom is 0.255 e. The number of hydrogen-bond acceptors (Lipinski definition) is 4. The summed E-state index contributed by atoms with van der Waals surface area (Å²) in [4.78, 5) is 28.2. The first-order valence-corrected chi connectivity index (χ1v) is 9.27. The number of aromatic nitrogens is 4. The van der Waals surface area contributed by atoms with Crippen LogP contribution in [0.1, 0.15) is 34.5 Å². The number of carbonyl (C=O) groups is 1. The van der Waals surface area contributed by atoms with E-state index in [-0.39, 0.29) is 11.8 Å². The lowest BCUT2D eigenvalue weighted by atomic mass is 9.96. The van der Waals surface area contributed by atoms with E-state index in [0.717, 1.165) is 28.0 Å². The van der Waals surface area contributed by atoms with Gasteiger partial charge in [0.25, 0.3) is 5.91 Å². The first-order valence-electron chi connectivity index (χ1n) is 8.89. The standard InChI is InChI=1S/C21H18ClN5O/c1-13(7-17-10-23-11-20(22)26-17)14-3-2-4-16(8-14)27-21(28)15-5-6-18-19(9-15)25-12-24-18/h2-6,8-13H,7H2,1H3,(H,24,25)(H,27,28)/t13-/m1/s1. The molecule has 7 heteroatoms. The van der Waals surface area contributed by atoms with Gasteiger partial charge < -0.3 is 10.3 Å². The molecule has 0 aliphatic rings. The van der Waals surface area contributed by atoms with Crippen molar-refractivity contribution in [1.29, 1.82) is 0 Å². The van der Waals surface area contributed by atoms with Gasteiger partial charge >= 0.3 is 0 Å². The maximum absolute atomic E-state index is 12.6. The van der Waals surface area contributed by atoms with Crippen LogP contribution >= 0.6 is 11.6 Å². The van der Waals surface area contributed by atoms with E-state index in [2.05, 4.69) is 32.2 Å². The number of amides is 1. The lowest BCUT2D eigenvalue weighted by Gasteiger charge is -2.13. The summed E-state index contributed by atoms with van der Waals surface area (Å²) >= 11 is 5.92. The number of imidazole rings is 1. The van der Waals surface area contributed by atoms with Crippen molar-refractivity contribution in [2.45, 2.75) is 19.3 Å². The number of fused-ring (bicyclic) bond motifs is 1. The lowest BCUT2D eigenvalue weighted by Crippen LogP contribution is -2.12. The highest BCUT2D eigenvalue weighted by Crippen LogP contribution is 2.23. The molecule has 2 heterocycles. The number of benzene rings is 2. The molecule has 2 N–H and O–H groups in total. The number of anilines is 1. The molecule has 1 amide bonds. The normalized spacial score (nSPS) is 12.1. The van der Waals surface area contributed by atoms with Gasteiger partial charge in [0.2, 0.25) is 0 Å². The summed E-state index contributed by atoms with van der Waals surface area (Å²) in [6.45, 7) is 2.11. The molecular weight excluding hydrogens is 374 g/mol. The van der Waals surface area contributed by atoms with E-state index < -0.39 is 0 Å². The number of nitrogens with zero attached hydrogens (tertiary/aromatic N) is 3. The highest BCUT2D eigenvalue weighted by molar-refractivity contribution is 6.29. The number of halogens is 1. The average Bonchev–Trinajstić information content (AvgIpc) is 3.16. The molecule has 0 spiro atoms. The summed E-state index contributed by atoms with van der Waals surface area (Å²) in [6, 6.07) is 13.2. The molecule has 0 bridgehead atoms. The first kappa shape index (κ1) is 18.1. The molecule has 0 aliphatic carbocycles. The van der Waals surface area contributed by atoms with E-state index in [4.69, 9.17) is 11.6 Å². The van der Waals surface area contributed by atoms with Crippen LogP contribution < -0.4 is 5.32 Å². The van der Waals surface area contributed by atoms with Gasteiger partial charge in [-0.1, -0.05) is 30.7 Å². The van der Waals surface area contributed by atoms with E-state index in [1.54, 1.807) is 24.7 Å². The number of rotatable bonds is 5. The molecule has 0 fully saturated rings. The SMILES string of the molecule is C[C@H](Cc1cncc(Cl)n1)c1cccc(NC(=O)c2ccc3nc[nH]c3c2)c1. The van der Waals surface area contributed by atoms with Gasteiger partial charge in [-0.25, -0.2) is 9.97 Å². The van der Waals surface area contributed by atoms with E-state index in [1.165, 1.54) is 6.20 Å². The van der Waals surface area contributed by atoms with Crippen LogP contribution in [-0.2, 0) is 6.42 Å². The predicted octanol–water partition coefficient (Wildman–Crippen LogP) is 4.60. The van der Waals surface area contributed by atoms with Crippen LogP contribution in [0.5, 0.6) is 0 Å². The van der Waals surface area contributed by atoms with Gasteiger partial charge in [0.15, 0.2) is 0 Å². The second kappa shape index (κ2) is 7.78. The molecular formula is C21H18ClN5O. The van der Waals surface area contributed by atoms with Gasteiger partial charge in [-0.3, -0.25) is 9.78 Å². The molecule has 6 nitrogen and oxygen atoms in total. The average molecular weight is 392 g/mol. The fraction of sp³-hybridized carbons (Fsp3) is 0.143. The van der Waals surface area contributed by atoms with Crippen LogP contribution in [0.2, 0.25) is 5.15 Å². The van der Waals surface area contributed by atoms with Crippen LogP contribution in [-0.4, -0.2) is 25.8 Å². The van der Waals surface area contributed by atoms with Gasteiger partial charge in [-0.2, -0.15) is 0 Å². The Morgan fingerprint density at radius 2 is 2.11 bits per heavy atom. The van der Waals surface area contributed by atoms with Crippen molar-refractivity contribution in [3.63, 3.8) is 0 Å². The zero-order chi connectivity index (χ0) is 19.5. The molecule has 28 heavy (non-hydrogen) atoms. The van der Waals surface area contributed by atoms with Crippen molar-refractivity contribution in [3.8, 4) is 0 Å². The van der Waals surface area contributed by atoms with Gasteiger partial charge in [0.05, 0.1) is 29.3 Å². The zero-order valence-corrected chi connectivity index (χ0v) is 15.9. The quantitative estimate of drug-likeness (QED) is 0.520. The summed E-state index contributed by atoms with van der Waals surface area (Å²) < 4.78 is 0. The van der Waals surface area contributed by atoms with E-state index >= 15 is 0 Å². The van der Waals surface area contributed by atoms with Crippen LogP contribution in [0.3, 0.4) is 0 Å². The summed E-state index contributed by atoms with van der Waals surface area (Å²) in [7, 11) is 0. The number of H-pyrrole nitrogens is 1. The van der Waals surface area contributed by atoms with Crippen molar-refractivity contribution in [2.75, 3.05) is 5.32 Å². The van der Waals surface area contributed by atoms with Crippen molar-refractivity contribution in [1.82, 2.24) is 19.9 Å². The Labute approximate surface area is 167 Å². The Kier molecular flexibility index (Phi) is 5.04. The summed E-state index contributed by atoms with van der Waals surface area (Å²) in [5, 5.41) is 3.35. The third-order valence-corrected chi connectivity index (χ3v) is 4.75. The van der Waals surface area contributed by atoms with Crippen LogP contribution in [0.25, 0.3) is 11.0 Å². The number of aromatic amines is 1. The molecule has 0 saturated carbocycles. The summed E-state index contributed by atoms with van der Waals surface area (Å²) in [6.07, 6.45) is 5.56. The second-order valence-corrected chi connectivity index (χ2v) is 7.04. The van der Waals surface area contributed by atoms with E-state index in [1.807, 2.05) is 30.3 Å². The molecule has 4 aromatic rings. The Balaban J connectivity index is 1.49. The molecule has 140 valence electrons. The third kappa shape index (κ3) is 4.02. The number of hydrogen-bond donors (Lipinski definition) is 2. The highest BCUT2D eigenvalue weighted by Gasteiger charge is 2.12. The zero-order valence-electron chi connectivity index (χ0n) is 15.2. The fourth-order valence-corrected chi connectivity index (χ4v) is 3.28. The van der Waals surface area contributed by atoms with Crippen molar-refractivity contribution < 1.29 is 4.79 Å². The van der Waals surface area contributed by atoms with E-state index in [0.29, 0.717) is 17.1 Å². The Morgan fingerprint density at radius 3 is 2.96 bits per heavy atom. The molecule has 2 aromatic carbocycles. The highest BCUT2D eigenvalue weighted by atomic mass is 35.5. The lowest BCUT2D eigenvalue weighted by molar-refractivity contribution is 0.102. The molecule has 2 aromatic heterocycles. The van der Waals surface area contributed by atoms with Crippen LogP contribution in [0.4, 0.5) is 5.69 Å². The van der Waals surface area contributed by atoms with Gasteiger partial charge in [-0.15, -0.1) is 0 Å². The van der Waals surface area contributed by atoms with Gasteiger partial charge in [-0.05, 0) is 48.2 Å². The molecule has 4 rings (SSSR count). The number of nitrogens with one attached hydrogen (secondary N) is 2. The molecule has 1 atom stereocenters. The Morgan fingerprint density at radius 1 is 1.21 bits per heavy atom. The first-order chi connectivity index (χ1) is 13.6. The minimum Gasteiger partial charge on any atom is -0.345 e. The number of carbonyl (C=O) groups excluding carboxylic acids is 1. The van der Waals surface area contributed by atoms with Gasteiger partial charge in [0, 0.05) is 17.4 Å². The minimum atomic E-state index is -0.165.